The van der Waals surface area contributed by atoms with E-state index in [0.717, 1.165) is 17.0 Å². The zero-order chi connectivity index (χ0) is 28.3. The molecule has 0 radical (unpaired) electrons. The van der Waals surface area contributed by atoms with Gasteiger partial charge >= 0.3 is 5.51 Å². The van der Waals surface area contributed by atoms with Crippen molar-refractivity contribution < 1.29 is 49.2 Å². The molecule has 1 unspecified atom stereocenters. The lowest BCUT2D eigenvalue weighted by Crippen LogP contribution is -2.63. The van der Waals surface area contributed by atoms with Crippen LogP contribution in [0, 0.1) is 22.2 Å². The molecule has 208 valence electrons. The lowest BCUT2D eigenvalue weighted by atomic mass is 9.75. The second-order valence-electron chi connectivity index (χ2n) is 9.46. The number of carbonyl (C=O) groups excluding carboxylic acids is 1. The van der Waals surface area contributed by atoms with Gasteiger partial charge in [-0.1, -0.05) is 18.2 Å². The first-order valence-electron chi connectivity index (χ1n) is 11.2. The highest BCUT2D eigenvalue weighted by Gasteiger charge is 2.62. The van der Waals surface area contributed by atoms with Gasteiger partial charge in [0.15, 0.2) is 5.60 Å². The van der Waals surface area contributed by atoms with E-state index < -0.39 is 81.7 Å². The number of nitrogens with zero attached hydrogens (tertiary/aromatic N) is 1. The Balaban J connectivity index is 1.70. The number of benzene rings is 2. The monoisotopic (exact) mass is 571 g/mol. The van der Waals surface area contributed by atoms with E-state index in [1.54, 1.807) is 4.72 Å². The Hall–Kier alpha value is -2.78. The SMILES string of the molecule is N=S(=O)(N[C@H]1CCN(C(=O)C2(O)CC(F)(F)C2)[C@H]1Cc1cccc(-c2cc(F)cc(F)c2)c1F)C(F)(F)F. The van der Waals surface area contributed by atoms with Crippen molar-refractivity contribution in [3.63, 3.8) is 0 Å². The summed E-state index contributed by atoms with van der Waals surface area (Å²) < 4.78 is 130. The number of aliphatic hydroxyl groups is 1. The summed E-state index contributed by atoms with van der Waals surface area (Å²) in [6, 6.07) is 3.02. The first-order chi connectivity index (χ1) is 17.4. The summed E-state index contributed by atoms with van der Waals surface area (Å²) in [6.07, 6.45) is -3.30. The Morgan fingerprint density at radius 2 is 1.74 bits per heavy atom. The maximum absolute atomic E-state index is 15.5. The van der Waals surface area contributed by atoms with E-state index in [2.05, 4.69) is 0 Å². The Bertz CT molecular complexity index is 1340. The van der Waals surface area contributed by atoms with E-state index >= 15 is 4.39 Å². The number of likely N-dealkylation sites (tertiary alicyclic amines) is 1. The highest BCUT2D eigenvalue weighted by atomic mass is 32.2. The summed E-state index contributed by atoms with van der Waals surface area (Å²) in [7, 11) is -5.42. The molecule has 4 rings (SSSR count). The van der Waals surface area contributed by atoms with Crippen molar-refractivity contribution >= 4 is 15.8 Å². The Morgan fingerprint density at radius 1 is 1.13 bits per heavy atom. The van der Waals surface area contributed by atoms with Crippen molar-refractivity contribution in [2.24, 2.45) is 0 Å². The lowest BCUT2D eigenvalue weighted by Gasteiger charge is -2.44. The molecule has 1 saturated heterocycles. The molecule has 3 atom stereocenters. The highest BCUT2D eigenvalue weighted by Crippen LogP contribution is 2.47. The molecule has 2 aromatic carbocycles. The molecule has 3 N–H and O–H groups in total. The maximum atomic E-state index is 15.5. The van der Waals surface area contributed by atoms with Crippen molar-refractivity contribution in [3.8, 4) is 11.1 Å². The molecule has 0 bridgehead atoms. The van der Waals surface area contributed by atoms with Crippen LogP contribution in [0.1, 0.15) is 24.8 Å². The molecule has 1 saturated carbocycles. The second kappa shape index (κ2) is 9.45. The van der Waals surface area contributed by atoms with Crippen LogP contribution in [-0.4, -0.2) is 55.8 Å². The first-order valence-corrected chi connectivity index (χ1v) is 12.8. The molecular formula is C23H21F8N3O3S. The Kier molecular flexibility index (Phi) is 7.02. The lowest BCUT2D eigenvalue weighted by molar-refractivity contribution is -0.215. The quantitative estimate of drug-likeness (QED) is 0.446. The van der Waals surface area contributed by atoms with E-state index in [4.69, 9.17) is 4.78 Å². The number of alkyl halides is 5. The van der Waals surface area contributed by atoms with E-state index in [0.29, 0.717) is 6.07 Å². The summed E-state index contributed by atoms with van der Waals surface area (Å²) in [4.78, 5) is 13.8. The standard InChI is InChI=1S/C23H21F8N3O3S/c24-14-6-13(7-15(25)9-14)16-3-1-2-12(19(16)26)8-18-17(33-38(32,37)23(29,30)31)4-5-34(18)20(35)21(36)10-22(27,28)11-21/h1-3,6-7,9,17-18,36H,4-5,8,10-11H2,(H2,32,33,37)/t17-,18-,38?/m0/s1. The summed E-state index contributed by atoms with van der Waals surface area (Å²) in [5.41, 5.74) is -8.66. The molecule has 0 aromatic heterocycles. The number of amides is 1. The third-order valence-corrected chi connectivity index (χ3v) is 7.92. The molecule has 2 aliphatic rings. The average molecular weight is 571 g/mol. The van der Waals surface area contributed by atoms with E-state index in [1.165, 1.54) is 18.2 Å². The van der Waals surface area contributed by atoms with Crippen LogP contribution in [0.15, 0.2) is 36.4 Å². The van der Waals surface area contributed by atoms with Gasteiger partial charge in [0.1, 0.15) is 17.5 Å². The molecule has 1 amide bonds. The molecular weight excluding hydrogens is 550 g/mol. The van der Waals surface area contributed by atoms with Crippen LogP contribution in [0.2, 0.25) is 0 Å². The normalized spacial score (nSPS) is 24.1. The molecule has 1 aliphatic carbocycles. The minimum Gasteiger partial charge on any atom is -0.380 e. The summed E-state index contributed by atoms with van der Waals surface area (Å²) in [5, 5.41) is 10.4. The van der Waals surface area contributed by atoms with E-state index in [9.17, 15) is 44.8 Å². The number of carbonyl (C=O) groups is 1. The zero-order valence-electron chi connectivity index (χ0n) is 19.3. The summed E-state index contributed by atoms with van der Waals surface area (Å²) in [5.74, 6) is -7.56. The number of halogens is 8. The molecule has 1 heterocycles. The molecule has 2 aromatic rings. The molecule has 2 fully saturated rings. The smallest absolute Gasteiger partial charge is 0.380 e. The summed E-state index contributed by atoms with van der Waals surface area (Å²) in [6.45, 7) is -0.362. The average Bonchev–Trinajstić information content (AvgIpc) is 3.13. The van der Waals surface area contributed by atoms with Crippen LogP contribution in [0.3, 0.4) is 0 Å². The van der Waals surface area contributed by atoms with Crippen LogP contribution in [0.4, 0.5) is 35.1 Å². The third-order valence-electron chi connectivity index (χ3n) is 6.63. The predicted octanol–water partition coefficient (Wildman–Crippen LogP) is 4.51. The number of rotatable bonds is 6. The topological polar surface area (TPSA) is 93.5 Å². The fourth-order valence-corrected chi connectivity index (χ4v) is 5.73. The minimum atomic E-state index is -5.49. The van der Waals surface area contributed by atoms with Gasteiger partial charge in [0.05, 0.1) is 6.04 Å². The first kappa shape index (κ1) is 28.2. The van der Waals surface area contributed by atoms with Crippen molar-refractivity contribution in [2.45, 2.75) is 54.8 Å². The molecule has 15 heteroatoms. The van der Waals surface area contributed by atoms with E-state index in [1.807, 2.05) is 0 Å². The third kappa shape index (κ3) is 5.36. The van der Waals surface area contributed by atoms with Gasteiger partial charge in [0.2, 0.25) is 9.92 Å². The van der Waals surface area contributed by atoms with Crippen molar-refractivity contribution in [2.75, 3.05) is 6.54 Å². The van der Waals surface area contributed by atoms with Crippen LogP contribution < -0.4 is 4.72 Å². The minimum absolute atomic E-state index is 0.187. The maximum Gasteiger partial charge on any atom is 0.492 e. The predicted molar refractivity (Wildman–Crippen MR) is 119 cm³/mol. The van der Waals surface area contributed by atoms with Crippen LogP contribution >= 0.6 is 0 Å². The van der Waals surface area contributed by atoms with Crippen molar-refractivity contribution in [1.82, 2.24) is 9.62 Å². The highest BCUT2D eigenvalue weighted by molar-refractivity contribution is 7.91. The van der Waals surface area contributed by atoms with Gasteiger partial charge in [-0.3, -0.25) is 4.79 Å². The number of nitrogens with one attached hydrogen (secondary N) is 2. The van der Waals surface area contributed by atoms with Gasteiger partial charge in [0, 0.05) is 37.1 Å². The van der Waals surface area contributed by atoms with Gasteiger partial charge in [-0.2, -0.15) is 13.2 Å². The molecule has 0 spiro atoms. The fourth-order valence-electron chi connectivity index (χ4n) is 4.89. The number of hydrogen-bond donors (Lipinski definition) is 3. The summed E-state index contributed by atoms with van der Waals surface area (Å²) >= 11 is 0. The molecule has 1 aliphatic heterocycles. The zero-order valence-corrected chi connectivity index (χ0v) is 20.1. The van der Waals surface area contributed by atoms with Crippen LogP contribution in [0.25, 0.3) is 11.1 Å². The van der Waals surface area contributed by atoms with Crippen molar-refractivity contribution in [3.05, 3.63) is 59.4 Å². The van der Waals surface area contributed by atoms with Crippen LogP contribution in [-0.2, 0) is 21.1 Å². The second-order valence-corrected chi connectivity index (χ2v) is 11.3. The Morgan fingerprint density at radius 3 is 2.29 bits per heavy atom. The Labute approximate surface area is 211 Å². The molecule has 6 nitrogen and oxygen atoms in total. The number of hydrogen-bond acceptors (Lipinski definition) is 4. The van der Waals surface area contributed by atoms with Gasteiger partial charge < -0.3 is 10.0 Å². The largest absolute Gasteiger partial charge is 0.492 e. The van der Waals surface area contributed by atoms with Crippen molar-refractivity contribution in [1.29, 1.82) is 4.78 Å². The molecule has 38 heavy (non-hydrogen) atoms. The van der Waals surface area contributed by atoms with Gasteiger partial charge in [-0.15, -0.1) is 0 Å². The van der Waals surface area contributed by atoms with E-state index in [-0.39, 0.29) is 29.7 Å². The van der Waals surface area contributed by atoms with Gasteiger partial charge in [-0.05, 0) is 36.1 Å². The van der Waals surface area contributed by atoms with Gasteiger partial charge in [-0.25, -0.2) is 35.7 Å². The van der Waals surface area contributed by atoms with Gasteiger partial charge in [0.25, 0.3) is 11.8 Å². The fraction of sp³-hybridized carbons (Fsp3) is 0.435. The van der Waals surface area contributed by atoms with Crippen LogP contribution in [0.5, 0.6) is 0 Å².